The van der Waals surface area contributed by atoms with Gasteiger partial charge in [-0.3, -0.25) is 5.10 Å². The van der Waals surface area contributed by atoms with Gasteiger partial charge in [0.05, 0.1) is 11.9 Å². The summed E-state index contributed by atoms with van der Waals surface area (Å²) in [5, 5.41) is 10.4. The lowest BCUT2D eigenvalue weighted by atomic mass is 10.1. The highest BCUT2D eigenvalue weighted by Gasteiger charge is 2.13. The van der Waals surface area contributed by atoms with Crippen molar-refractivity contribution < 1.29 is 0 Å². The first kappa shape index (κ1) is 9.96. The number of aromatic nitrogens is 3. The third-order valence-electron chi connectivity index (χ3n) is 2.05. The predicted molar refractivity (Wildman–Crippen MR) is 62.0 cm³/mol. The molecule has 2 heterocycles. The number of H-pyrrole nitrogens is 1. The zero-order valence-corrected chi connectivity index (χ0v) is 9.55. The monoisotopic (exact) mass is 204 g/mol. The number of hydrogen-bond acceptors (Lipinski definition) is 3. The van der Waals surface area contributed by atoms with E-state index in [-0.39, 0.29) is 5.54 Å². The molecule has 2 aromatic rings. The lowest BCUT2D eigenvalue weighted by Crippen LogP contribution is -2.26. The van der Waals surface area contributed by atoms with Crippen molar-refractivity contribution in [3.05, 3.63) is 18.0 Å². The third-order valence-corrected chi connectivity index (χ3v) is 2.05. The Morgan fingerprint density at radius 3 is 2.73 bits per heavy atom. The van der Waals surface area contributed by atoms with Crippen LogP contribution in [0, 0.1) is 6.92 Å². The molecular weight excluding hydrogens is 188 g/mol. The molecule has 15 heavy (non-hydrogen) atoms. The molecule has 0 unspecified atom stereocenters. The highest BCUT2D eigenvalue weighted by molar-refractivity contribution is 5.87. The van der Waals surface area contributed by atoms with Crippen LogP contribution in [0.4, 0.5) is 5.69 Å². The molecule has 0 saturated heterocycles. The Morgan fingerprint density at radius 1 is 1.33 bits per heavy atom. The van der Waals surface area contributed by atoms with Crippen molar-refractivity contribution in [3.8, 4) is 0 Å². The molecule has 0 aliphatic carbocycles. The molecule has 4 heteroatoms. The van der Waals surface area contributed by atoms with Crippen LogP contribution in [0.3, 0.4) is 0 Å². The molecule has 0 bridgehead atoms. The van der Waals surface area contributed by atoms with Crippen molar-refractivity contribution >= 4 is 16.7 Å². The van der Waals surface area contributed by atoms with E-state index in [0.29, 0.717) is 0 Å². The molecule has 0 amide bonds. The highest BCUT2D eigenvalue weighted by Crippen LogP contribution is 2.23. The second-order valence-electron chi connectivity index (χ2n) is 4.82. The van der Waals surface area contributed by atoms with Gasteiger partial charge in [-0.25, -0.2) is 4.98 Å². The second-order valence-corrected chi connectivity index (χ2v) is 4.82. The number of aromatic amines is 1. The molecule has 4 nitrogen and oxygen atoms in total. The summed E-state index contributed by atoms with van der Waals surface area (Å²) in [7, 11) is 0. The van der Waals surface area contributed by atoms with Gasteiger partial charge in [0, 0.05) is 11.2 Å². The summed E-state index contributed by atoms with van der Waals surface area (Å²) in [5.74, 6) is 0. The van der Waals surface area contributed by atoms with Gasteiger partial charge in [0.15, 0.2) is 0 Å². The fourth-order valence-electron chi connectivity index (χ4n) is 1.57. The van der Waals surface area contributed by atoms with Crippen LogP contribution in [-0.4, -0.2) is 20.7 Å². The molecular formula is C11H16N4. The van der Waals surface area contributed by atoms with Crippen LogP contribution in [0.1, 0.15) is 26.5 Å². The lowest BCUT2D eigenvalue weighted by molar-refractivity contribution is 0.634. The first-order chi connectivity index (χ1) is 6.96. The molecule has 80 valence electrons. The zero-order chi connectivity index (χ0) is 11.1. The van der Waals surface area contributed by atoms with Gasteiger partial charge >= 0.3 is 0 Å². The molecule has 2 rings (SSSR count). The van der Waals surface area contributed by atoms with Crippen LogP contribution in [0.15, 0.2) is 12.3 Å². The number of aryl methyl sites for hydroxylation is 1. The second kappa shape index (κ2) is 3.22. The van der Waals surface area contributed by atoms with E-state index in [1.165, 1.54) is 0 Å². The van der Waals surface area contributed by atoms with E-state index in [1.807, 2.05) is 13.0 Å². The van der Waals surface area contributed by atoms with Crippen molar-refractivity contribution in [1.29, 1.82) is 0 Å². The number of rotatable bonds is 1. The quantitative estimate of drug-likeness (QED) is 0.750. The summed E-state index contributed by atoms with van der Waals surface area (Å²) in [6.45, 7) is 8.38. The minimum absolute atomic E-state index is 0.0336. The molecule has 0 aliphatic rings. The van der Waals surface area contributed by atoms with Crippen molar-refractivity contribution in [2.24, 2.45) is 0 Å². The maximum absolute atomic E-state index is 4.39. The lowest BCUT2D eigenvalue weighted by Gasteiger charge is -2.22. The maximum Gasteiger partial charge on any atom is 0.110 e. The Kier molecular flexibility index (Phi) is 2.14. The number of hydrogen-bond donors (Lipinski definition) is 2. The molecule has 0 saturated carbocycles. The average molecular weight is 204 g/mol. The largest absolute Gasteiger partial charge is 0.379 e. The Bertz CT molecular complexity index is 479. The van der Waals surface area contributed by atoms with E-state index in [0.717, 1.165) is 22.4 Å². The summed E-state index contributed by atoms with van der Waals surface area (Å²) in [5.41, 5.74) is 3.96. The maximum atomic E-state index is 4.39. The SMILES string of the molecule is Cc1cc(NC(C)(C)C)c2[nH]ncc2n1. The molecule has 0 aliphatic heterocycles. The summed E-state index contributed by atoms with van der Waals surface area (Å²) in [6, 6.07) is 2.03. The van der Waals surface area contributed by atoms with E-state index in [1.54, 1.807) is 6.20 Å². The molecule has 2 N–H and O–H groups in total. The molecule has 2 aromatic heterocycles. The number of nitrogens with one attached hydrogen (secondary N) is 2. The molecule has 0 radical (unpaired) electrons. The topological polar surface area (TPSA) is 53.6 Å². The normalized spacial score (nSPS) is 12.0. The first-order valence-corrected chi connectivity index (χ1v) is 5.05. The Hall–Kier alpha value is -1.58. The summed E-state index contributed by atoms with van der Waals surface area (Å²) < 4.78 is 0. The number of fused-ring (bicyclic) bond motifs is 1. The first-order valence-electron chi connectivity index (χ1n) is 5.05. The van der Waals surface area contributed by atoms with Crippen LogP contribution >= 0.6 is 0 Å². The van der Waals surface area contributed by atoms with Gasteiger partial charge in [-0.05, 0) is 33.8 Å². The van der Waals surface area contributed by atoms with Gasteiger partial charge in [0.1, 0.15) is 11.0 Å². The number of nitrogens with zero attached hydrogens (tertiary/aromatic N) is 2. The number of anilines is 1. The van der Waals surface area contributed by atoms with E-state index in [2.05, 4.69) is 41.3 Å². The van der Waals surface area contributed by atoms with E-state index in [9.17, 15) is 0 Å². The average Bonchev–Trinajstić information content (AvgIpc) is 2.48. The van der Waals surface area contributed by atoms with Crippen LogP contribution in [0.25, 0.3) is 11.0 Å². The van der Waals surface area contributed by atoms with Crippen LogP contribution in [-0.2, 0) is 0 Å². The minimum atomic E-state index is 0.0336. The van der Waals surface area contributed by atoms with E-state index < -0.39 is 0 Å². The summed E-state index contributed by atoms with van der Waals surface area (Å²) in [6.07, 6.45) is 1.75. The molecule has 0 atom stereocenters. The third kappa shape index (κ3) is 2.09. The van der Waals surface area contributed by atoms with Crippen LogP contribution in [0.2, 0.25) is 0 Å². The Labute approximate surface area is 89.1 Å². The number of pyridine rings is 1. The fraction of sp³-hybridized carbons (Fsp3) is 0.455. The van der Waals surface area contributed by atoms with Crippen molar-refractivity contribution in [1.82, 2.24) is 15.2 Å². The van der Waals surface area contributed by atoms with Gasteiger partial charge in [0.25, 0.3) is 0 Å². The highest BCUT2D eigenvalue weighted by atomic mass is 15.1. The van der Waals surface area contributed by atoms with E-state index in [4.69, 9.17) is 0 Å². The van der Waals surface area contributed by atoms with Gasteiger partial charge in [-0.15, -0.1) is 0 Å². The molecule has 0 fully saturated rings. The van der Waals surface area contributed by atoms with Crippen molar-refractivity contribution in [2.75, 3.05) is 5.32 Å². The summed E-state index contributed by atoms with van der Waals surface area (Å²) >= 11 is 0. The summed E-state index contributed by atoms with van der Waals surface area (Å²) in [4.78, 5) is 4.39. The molecule has 0 spiro atoms. The van der Waals surface area contributed by atoms with Crippen molar-refractivity contribution in [2.45, 2.75) is 33.2 Å². The smallest absolute Gasteiger partial charge is 0.110 e. The van der Waals surface area contributed by atoms with Gasteiger partial charge in [0.2, 0.25) is 0 Å². The Balaban J connectivity index is 2.53. The van der Waals surface area contributed by atoms with Crippen LogP contribution < -0.4 is 5.32 Å². The van der Waals surface area contributed by atoms with Gasteiger partial charge < -0.3 is 5.32 Å². The van der Waals surface area contributed by atoms with E-state index >= 15 is 0 Å². The Morgan fingerprint density at radius 2 is 2.07 bits per heavy atom. The van der Waals surface area contributed by atoms with Gasteiger partial charge in [-0.1, -0.05) is 0 Å². The molecule has 0 aromatic carbocycles. The fourth-order valence-corrected chi connectivity index (χ4v) is 1.57. The van der Waals surface area contributed by atoms with Crippen molar-refractivity contribution in [3.63, 3.8) is 0 Å². The van der Waals surface area contributed by atoms with Crippen LogP contribution in [0.5, 0.6) is 0 Å². The zero-order valence-electron chi connectivity index (χ0n) is 9.55. The standard InChI is InChI=1S/C11H16N4/c1-7-5-8(14-11(2,3)4)10-9(13-7)6-12-15-10/h5-6H,1-4H3,(H,12,15)(H,13,14). The minimum Gasteiger partial charge on any atom is -0.379 e. The predicted octanol–water partition coefficient (Wildman–Crippen LogP) is 2.48. The van der Waals surface area contributed by atoms with Gasteiger partial charge in [-0.2, -0.15) is 5.10 Å².